The number of carbonyl (C=O) groups is 3. The summed E-state index contributed by atoms with van der Waals surface area (Å²) in [6.07, 6.45) is 0.260. The molecule has 0 saturated carbocycles. The fraction of sp³-hybridized carbons (Fsp3) is 0.345. The van der Waals surface area contributed by atoms with Gasteiger partial charge in [0.25, 0.3) is 0 Å². The van der Waals surface area contributed by atoms with Gasteiger partial charge in [-0.1, -0.05) is 73.3 Å². The molecule has 0 unspecified atom stereocenters. The predicted molar refractivity (Wildman–Crippen MR) is 140 cm³/mol. The van der Waals surface area contributed by atoms with E-state index in [4.69, 9.17) is 9.47 Å². The van der Waals surface area contributed by atoms with Crippen LogP contribution in [0.5, 0.6) is 0 Å². The molecule has 1 heterocycles. The minimum Gasteiger partial charge on any atom is -0.468 e. The van der Waals surface area contributed by atoms with E-state index in [0.717, 1.165) is 10.6 Å². The Morgan fingerprint density at radius 3 is 2.17 bits per heavy atom. The van der Waals surface area contributed by atoms with Crippen molar-refractivity contribution < 1.29 is 23.9 Å². The van der Waals surface area contributed by atoms with Crippen molar-refractivity contribution in [3.63, 3.8) is 0 Å². The predicted octanol–water partition coefficient (Wildman–Crippen LogP) is 5.35. The maximum atomic E-state index is 14.5. The number of ether oxygens (including phenoxy) is 2. The van der Waals surface area contributed by atoms with Gasteiger partial charge in [0.15, 0.2) is 5.78 Å². The Morgan fingerprint density at radius 1 is 0.944 bits per heavy atom. The summed E-state index contributed by atoms with van der Waals surface area (Å²) in [4.78, 5) is 45.7. The highest BCUT2D eigenvalue weighted by molar-refractivity contribution is 8.07. The summed E-state index contributed by atoms with van der Waals surface area (Å²) in [5.41, 5.74) is -0.566. The Balaban J connectivity index is 2.28. The van der Waals surface area contributed by atoms with Crippen LogP contribution >= 0.6 is 11.8 Å². The van der Waals surface area contributed by atoms with Gasteiger partial charge in [-0.3, -0.25) is 9.59 Å². The van der Waals surface area contributed by atoms with Crippen molar-refractivity contribution in [2.24, 2.45) is 0 Å². The van der Waals surface area contributed by atoms with Crippen molar-refractivity contribution in [2.45, 2.75) is 44.9 Å². The zero-order valence-corrected chi connectivity index (χ0v) is 22.3. The molecule has 4 rings (SSSR count). The zero-order valence-electron chi connectivity index (χ0n) is 21.5. The third kappa shape index (κ3) is 3.22. The molecule has 0 N–H and O–H groups in total. The summed E-state index contributed by atoms with van der Waals surface area (Å²) in [7, 11) is 2.60. The Bertz CT molecular complexity index is 1300. The molecule has 2 aromatic carbocycles. The molecule has 0 amide bonds. The summed E-state index contributed by atoms with van der Waals surface area (Å²) in [6.45, 7) is 8.40. The summed E-state index contributed by atoms with van der Waals surface area (Å²) in [6, 6.07) is 16.3. The normalized spacial score (nSPS) is 24.6. The highest BCUT2D eigenvalue weighted by atomic mass is 32.2. The first-order chi connectivity index (χ1) is 17.3. The van der Waals surface area contributed by atoms with E-state index in [9.17, 15) is 14.4 Å². The second-order valence-corrected chi connectivity index (χ2v) is 10.1. The molecule has 0 aromatic heterocycles. The van der Waals surface area contributed by atoms with Crippen LogP contribution in [-0.4, -0.2) is 43.4 Å². The summed E-state index contributed by atoms with van der Waals surface area (Å²) in [5, 5.41) is 0.586. The molecule has 2 aliphatic rings. The molecule has 1 aliphatic heterocycles. The summed E-state index contributed by atoms with van der Waals surface area (Å²) >= 11 is 1.42. The van der Waals surface area contributed by atoms with E-state index in [1.165, 1.54) is 26.0 Å². The molecule has 7 heteroatoms. The van der Waals surface area contributed by atoms with E-state index in [1.807, 2.05) is 62.9 Å². The number of esters is 2. The van der Waals surface area contributed by atoms with Crippen LogP contribution in [0.4, 0.5) is 0 Å². The maximum absolute atomic E-state index is 14.5. The molecule has 0 bridgehead atoms. The van der Waals surface area contributed by atoms with Crippen LogP contribution in [0.1, 0.15) is 55.6 Å². The van der Waals surface area contributed by atoms with Crippen molar-refractivity contribution in [1.82, 2.24) is 4.90 Å². The quantitative estimate of drug-likeness (QED) is 0.387. The number of ketones is 1. The van der Waals surface area contributed by atoms with Gasteiger partial charge in [0, 0.05) is 22.7 Å². The van der Waals surface area contributed by atoms with Gasteiger partial charge in [-0.2, -0.15) is 0 Å². The molecular weight excluding hydrogens is 474 g/mol. The standard InChI is InChI=1S/C29H31NO5S/c1-7-28(20-14-10-9-11-15-20)24(31)21-16-12-13-17-22(21)29(28,27(33)35-6)23(26(32)34-5)25-30(8-2)18(3)19(4)36-25/h9-17H,7-8H2,1-6H3/b25-23-/t28-,29+/m0/s1. The number of nitrogens with zero attached hydrogens (tertiary/aromatic N) is 1. The van der Waals surface area contributed by atoms with Crippen LogP contribution in [-0.2, 0) is 29.9 Å². The van der Waals surface area contributed by atoms with Crippen molar-refractivity contribution in [3.05, 3.63) is 92.5 Å². The van der Waals surface area contributed by atoms with Crippen molar-refractivity contribution in [2.75, 3.05) is 20.8 Å². The minimum atomic E-state index is -1.76. The minimum absolute atomic E-state index is 0.129. The van der Waals surface area contributed by atoms with E-state index in [2.05, 4.69) is 0 Å². The monoisotopic (exact) mass is 505 g/mol. The third-order valence-electron chi connectivity index (χ3n) is 7.60. The summed E-state index contributed by atoms with van der Waals surface area (Å²) < 4.78 is 10.9. The molecule has 0 fully saturated rings. The van der Waals surface area contributed by atoms with E-state index in [1.54, 1.807) is 24.3 Å². The van der Waals surface area contributed by atoms with Crippen molar-refractivity contribution in [3.8, 4) is 0 Å². The molecule has 0 spiro atoms. The molecule has 2 aromatic rings. The molecule has 0 radical (unpaired) electrons. The average Bonchev–Trinajstić information content (AvgIpc) is 3.32. The number of hydrogen-bond acceptors (Lipinski definition) is 7. The van der Waals surface area contributed by atoms with Gasteiger partial charge in [-0.15, -0.1) is 0 Å². The highest BCUT2D eigenvalue weighted by Gasteiger charge is 2.71. The first-order valence-electron chi connectivity index (χ1n) is 12.0. The zero-order chi connectivity index (χ0) is 26.3. The molecule has 1 aliphatic carbocycles. The Hall–Kier alpha value is -3.32. The molecule has 188 valence electrons. The van der Waals surface area contributed by atoms with Crippen LogP contribution in [0.25, 0.3) is 0 Å². The molecule has 6 nitrogen and oxygen atoms in total. The molecule has 36 heavy (non-hydrogen) atoms. The Kier molecular flexibility index (Phi) is 6.88. The van der Waals surface area contributed by atoms with Gasteiger partial charge in [0.05, 0.1) is 30.2 Å². The Morgan fingerprint density at radius 2 is 1.58 bits per heavy atom. The smallest absolute Gasteiger partial charge is 0.338 e. The lowest BCUT2D eigenvalue weighted by Gasteiger charge is -2.44. The van der Waals surface area contributed by atoms with Crippen molar-refractivity contribution >= 4 is 29.5 Å². The second kappa shape index (κ2) is 9.62. The SMILES string of the molecule is CCN1C(C)=C(C)S/C1=C(/C(=O)OC)[C@@]1(C(=O)OC)c2ccccc2C(=O)[C@]1(CC)c1ccccc1. The lowest BCUT2D eigenvalue weighted by Crippen LogP contribution is -2.57. The number of methoxy groups -OCH3 is 2. The van der Waals surface area contributed by atoms with Crippen LogP contribution in [0.15, 0.2) is 75.8 Å². The van der Waals surface area contributed by atoms with E-state index < -0.39 is 22.8 Å². The third-order valence-corrected chi connectivity index (χ3v) is 8.82. The number of rotatable bonds is 6. The van der Waals surface area contributed by atoms with Gasteiger partial charge in [-0.25, -0.2) is 4.79 Å². The van der Waals surface area contributed by atoms with Crippen molar-refractivity contribution in [1.29, 1.82) is 0 Å². The van der Waals surface area contributed by atoms with E-state index in [-0.39, 0.29) is 17.8 Å². The lowest BCUT2D eigenvalue weighted by atomic mass is 9.55. The van der Waals surface area contributed by atoms with Gasteiger partial charge in [0.1, 0.15) is 5.41 Å². The number of fused-ring (bicyclic) bond motifs is 1. The molecule has 0 saturated heterocycles. The van der Waals surface area contributed by atoms with Crippen LogP contribution < -0.4 is 0 Å². The van der Waals surface area contributed by atoms with Crippen LogP contribution in [0, 0.1) is 0 Å². The molecule has 2 atom stereocenters. The van der Waals surface area contributed by atoms with Gasteiger partial charge in [0.2, 0.25) is 0 Å². The average molecular weight is 506 g/mol. The lowest BCUT2D eigenvalue weighted by molar-refractivity contribution is -0.151. The molecular formula is C29H31NO5S. The fourth-order valence-electron chi connectivity index (χ4n) is 5.91. The van der Waals surface area contributed by atoms with Crippen LogP contribution in [0.2, 0.25) is 0 Å². The highest BCUT2D eigenvalue weighted by Crippen LogP contribution is 2.61. The Labute approximate surface area is 216 Å². The first-order valence-corrected chi connectivity index (χ1v) is 12.8. The first kappa shape index (κ1) is 25.8. The summed E-state index contributed by atoms with van der Waals surface area (Å²) in [5.74, 6) is -1.55. The number of allylic oxidation sites excluding steroid dienone is 2. The largest absolute Gasteiger partial charge is 0.468 e. The van der Waals surface area contributed by atoms with E-state index >= 15 is 0 Å². The number of benzene rings is 2. The van der Waals surface area contributed by atoms with E-state index in [0.29, 0.717) is 28.3 Å². The maximum Gasteiger partial charge on any atom is 0.338 e. The fourth-order valence-corrected chi connectivity index (χ4v) is 7.17. The number of hydrogen-bond donors (Lipinski definition) is 0. The number of thioether (sulfide) groups is 1. The van der Waals surface area contributed by atoms with Gasteiger partial charge in [-0.05, 0) is 38.3 Å². The number of Topliss-reactive ketones (excluding diaryl/α,β-unsaturated/α-hetero) is 1. The van der Waals surface area contributed by atoms with Gasteiger partial charge < -0.3 is 14.4 Å². The topological polar surface area (TPSA) is 72.9 Å². The van der Waals surface area contributed by atoms with Gasteiger partial charge >= 0.3 is 11.9 Å². The number of carbonyl (C=O) groups excluding carboxylic acids is 3. The second-order valence-electron chi connectivity index (χ2n) is 8.90. The van der Waals surface area contributed by atoms with Crippen LogP contribution in [0.3, 0.4) is 0 Å².